The minimum Gasteiger partial charge on any atom is -0.456 e. The molecule has 1 N–H and O–H groups in total. The molecule has 1 aliphatic heterocycles. The first-order valence-corrected chi connectivity index (χ1v) is 22.2. The zero-order chi connectivity index (χ0) is 43.5. The van der Waals surface area contributed by atoms with Crippen molar-refractivity contribution in [2.75, 3.05) is 10.2 Å². The Hall–Kier alpha value is -7.44. The van der Waals surface area contributed by atoms with E-state index in [2.05, 4.69) is 199 Å². The fourth-order valence-corrected chi connectivity index (χ4v) is 9.63. The predicted octanol–water partition coefficient (Wildman–Crippen LogP) is 15.3. The molecule has 64 heavy (non-hydrogen) atoms. The van der Waals surface area contributed by atoms with Crippen molar-refractivity contribution in [1.82, 2.24) is 0 Å². The van der Waals surface area contributed by atoms with Gasteiger partial charge in [0, 0.05) is 49.8 Å². The Bertz CT molecular complexity index is 3640. The van der Waals surface area contributed by atoms with Gasteiger partial charge in [0.1, 0.15) is 22.3 Å². The van der Waals surface area contributed by atoms with Gasteiger partial charge in [-0.15, -0.1) is 0 Å². The van der Waals surface area contributed by atoms with Crippen LogP contribution < -0.4 is 21.1 Å². The number of benzene rings is 8. The molecule has 11 aromatic rings. The maximum atomic E-state index is 7.05. The highest BCUT2D eigenvalue weighted by Gasteiger charge is 2.37. The molecule has 0 saturated carbocycles. The van der Waals surface area contributed by atoms with E-state index < -0.39 is 0 Å². The first-order valence-electron chi connectivity index (χ1n) is 22.2. The summed E-state index contributed by atoms with van der Waals surface area (Å²) < 4.78 is 20.7. The highest BCUT2D eigenvalue weighted by Crippen LogP contribution is 2.50. The summed E-state index contributed by atoms with van der Waals surface area (Å²) in [6, 6.07) is 58.3. The van der Waals surface area contributed by atoms with Crippen LogP contribution in [0.25, 0.3) is 77.1 Å². The zero-order valence-corrected chi connectivity index (χ0v) is 36.8. The Balaban J connectivity index is 1.20. The molecule has 3 aromatic heterocycles. The lowest BCUT2D eigenvalue weighted by molar-refractivity contribution is 0.590. The third kappa shape index (κ3) is 6.07. The molecule has 0 amide bonds. The monoisotopic (exact) mass is 829 g/mol. The molecular weight excluding hydrogens is 783 g/mol. The van der Waals surface area contributed by atoms with Crippen molar-refractivity contribution in [2.45, 2.75) is 52.4 Å². The minimum atomic E-state index is -0.0777. The van der Waals surface area contributed by atoms with Crippen molar-refractivity contribution < 1.29 is 13.3 Å². The van der Waals surface area contributed by atoms with Gasteiger partial charge in [-0.2, -0.15) is 0 Å². The summed E-state index contributed by atoms with van der Waals surface area (Å²) in [5.41, 5.74) is 16.8. The second-order valence-electron chi connectivity index (χ2n) is 19.3. The molecule has 0 unspecified atom stereocenters. The molecule has 0 spiro atoms. The zero-order valence-electron chi connectivity index (χ0n) is 36.8. The maximum Gasteiger partial charge on any atom is 0.203 e. The second kappa shape index (κ2) is 14.0. The number of rotatable bonds is 5. The minimum absolute atomic E-state index is 0.0317. The quantitative estimate of drug-likeness (QED) is 0.175. The molecule has 309 valence electrons. The van der Waals surface area contributed by atoms with Gasteiger partial charge >= 0.3 is 0 Å². The van der Waals surface area contributed by atoms with Crippen molar-refractivity contribution in [3.8, 4) is 22.3 Å². The van der Waals surface area contributed by atoms with Crippen molar-refractivity contribution in [2.24, 2.45) is 0 Å². The van der Waals surface area contributed by atoms with E-state index in [0.29, 0.717) is 0 Å². The van der Waals surface area contributed by atoms with Gasteiger partial charge in [0.15, 0.2) is 11.5 Å². The van der Waals surface area contributed by atoms with E-state index in [1.807, 2.05) is 24.3 Å². The molecule has 0 aliphatic carbocycles. The van der Waals surface area contributed by atoms with Crippen LogP contribution in [0.15, 0.2) is 177 Å². The van der Waals surface area contributed by atoms with Gasteiger partial charge in [0.25, 0.3) is 0 Å². The fourth-order valence-electron chi connectivity index (χ4n) is 9.63. The van der Waals surface area contributed by atoms with Crippen LogP contribution >= 0.6 is 0 Å². The van der Waals surface area contributed by atoms with E-state index in [4.69, 9.17) is 13.3 Å². The lowest BCUT2D eigenvalue weighted by atomic mass is 9.58. The van der Waals surface area contributed by atoms with Gasteiger partial charge in [-0.05, 0) is 98.6 Å². The smallest absolute Gasteiger partial charge is 0.203 e. The van der Waals surface area contributed by atoms with Gasteiger partial charge in [0.2, 0.25) is 7.28 Å². The van der Waals surface area contributed by atoms with Crippen LogP contribution in [0.5, 0.6) is 0 Å². The Morgan fingerprint density at radius 1 is 0.453 bits per heavy atom. The Morgan fingerprint density at radius 3 is 1.75 bits per heavy atom. The molecule has 12 rings (SSSR count). The number of hydrogen-bond acceptors (Lipinski definition) is 5. The molecule has 4 heterocycles. The first kappa shape index (κ1) is 38.3. The van der Waals surface area contributed by atoms with E-state index in [1.54, 1.807) is 0 Å². The highest BCUT2D eigenvalue weighted by molar-refractivity contribution is 6.76. The summed E-state index contributed by atoms with van der Waals surface area (Å²) in [5.74, 6) is 0.752. The number of furan rings is 3. The Morgan fingerprint density at radius 2 is 1.05 bits per heavy atom. The third-order valence-corrected chi connectivity index (χ3v) is 13.0. The fraction of sp³-hybridized carbons (Fsp3) is 0.138. The van der Waals surface area contributed by atoms with Crippen molar-refractivity contribution in [3.05, 3.63) is 175 Å². The molecular formula is C58H46BN2O3. The van der Waals surface area contributed by atoms with Crippen molar-refractivity contribution in [1.29, 1.82) is 0 Å². The molecule has 0 saturated heterocycles. The van der Waals surface area contributed by atoms with Gasteiger partial charge in [-0.25, -0.2) is 0 Å². The predicted molar refractivity (Wildman–Crippen MR) is 268 cm³/mol. The summed E-state index contributed by atoms with van der Waals surface area (Å²) in [4.78, 5) is 2.33. The number of nitrogens with zero attached hydrogens (tertiary/aromatic N) is 1. The third-order valence-electron chi connectivity index (χ3n) is 13.0. The van der Waals surface area contributed by atoms with Crippen LogP contribution in [0.1, 0.15) is 52.7 Å². The van der Waals surface area contributed by atoms with Crippen LogP contribution in [0.4, 0.5) is 28.6 Å². The summed E-state index contributed by atoms with van der Waals surface area (Å²) in [6.45, 7) is 13.6. The molecule has 0 bridgehead atoms. The normalized spacial score (nSPS) is 12.9. The Kier molecular flexibility index (Phi) is 8.39. The molecule has 6 heteroatoms. The van der Waals surface area contributed by atoms with Crippen molar-refractivity contribution in [3.63, 3.8) is 0 Å². The molecule has 5 nitrogen and oxygen atoms in total. The number of hydrogen-bond donors (Lipinski definition) is 1. The van der Waals surface area contributed by atoms with Gasteiger partial charge in [-0.1, -0.05) is 145 Å². The lowest BCUT2D eigenvalue weighted by Gasteiger charge is -2.34. The van der Waals surface area contributed by atoms with E-state index in [0.717, 1.165) is 117 Å². The van der Waals surface area contributed by atoms with Crippen LogP contribution in [0, 0.1) is 0 Å². The summed E-state index contributed by atoms with van der Waals surface area (Å²) in [7, 11) is 2.32. The second-order valence-corrected chi connectivity index (χ2v) is 19.3. The Labute approximate surface area is 373 Å². The summed E-state index contributed by atoms with van der Waals surface area (Å²) in [5, 5.41) is 9.12. The SMILES string of the molecule is CC(C)(C)c1ccc(Nc2cc3oc4ccccc4c3cc2-c2cc3c(oc4ccccc43)c3c2[B]c2c(oc4ccccc24)N3c2ccc(C(C)(C)C)cc2-c2ccccc2)cc1. The van der Waals surface area contributed by atoms with E-state index in [-0.39, 0.29) is 10.8 Å². The van der Waals surface area contributed by atoms with E-state index in [9.17, 15) is 0 Å². The summed E-state index contributed by atoms with van der Waals surface area (Å²) >= 11 is 0. The molecule has 8 aromatic carbocycles. The van der Waals surface area contributed by atoms with Crippen LogP contribution in [0.2, 0.25) is 0 Å². The van der Waals surface area contributed by atoms with Gasteiger partial charge in [0.05, 0.1) is 17.1 Å². The van der Waals surface area contributed by atoms with Gasteiger partial charge in [-0.3, -0.25) is 4.90 Å². The average molecular weight is 830 g/mol. The number of nitrogens with one attached hydrogen (secondary N) is 1. The van der Waals surface area contributed by atoms with E-state index >= 15 is 0 Å². The lowest BCUT2D eigenvalue weighted by Crippen LogP contribution is -2.40. The topological polar surface area (TPSA) is 54.7 Å². The molecule has 0 fully saturated rings. The molecule has 0 atom stereocenters. The van der Waals surface area contributed by atoms with Crippen LogP contribution in [0.3, 0.4) is 0 Å². The van der Waals surface area contributed by atoms with Crippen molar-refractivity contribution >= 4 is 102 Å². The number of fused-ring (bicyclic) bond motifs is 11. The largest absolute Gasteiger partial charge is 0.456 e. The average Bonchev–Trinajstić information content (AvgIpc) is 3.98. The molecule has 1 radical (unpaired) electrons. The number of para-hydroxylation sites is 3. The first-order chi connectivity index (χ1) is 31.0. The maximum absolute atomic E-state index is 7.05. The van der Waals surface area contributed by atoms with Crippen LogP contribution in [-0.4, -0.2) is 7.28 Å². The summed E-state index contributed by atoms with van der Waals surface area (Å²) in [6.07, 6.45) is 0. The van der Waals surface area contributed by atoms with Crippen LogP contribution in [-0.2, 0) is 10.8 Å². The molecule has 1 aliphatic rings. The number of anilines is 5. The van der Waals surface area contributed by atoms with Gasteiger partial charge < -0.3 is 18.6 Å². The standard InChI is InChI=1S/C58H46BN2O3/c1-57(2,3)35-24-27-37(28-25-35)60-46-33-51-43(38-18-10-13-21-48(38)62-51)31-42(46)44-32-45-39-19-11-14-22-49(39)63-55(45)54-52(44)59-53-40-20-12-15-23-50(40)64-56(53)61(54)47-29-26-36(58(4,5)6)30-41(47)34-16-8-7-9-17-34/h7-33,60H,1-6H3. The highest BCUT2D eigenvalue weighted by atomic mass is 16.4. The van der Waals surface area contributed by atoms with E-state index in [1.165, 1.54) is 11.1 Å².